The molecule has 2 rings (SSSR count). The molecule has 0 radical (unpaired) electrons. The van der Waals surface area contributed by atoms with Gasteiger partial charge in [0.05, 0.1) is 5.56 Å². The van der Waals surface area contributed by atoms with Crippen molar-refractivity contribution in [1.29, 1.82) is 15.8 Å². The summed E-state index contributed by atoms with van der Waals surface area (Å²) in [4.78, 5) is 12.5. The Balaban J connectivity index is 2.67. The summed E-state index contributed by atoms with van der Waals surface area (Å²) < 4.78 is 0.894. The van der Waals surface area contributed by atoms with Gasteiger partial charge in [0.2, 0.25) is 5.88 Å². The molecule has 2 aromatic rings. The van der Waals surface area contributed by atoms with E-state index in [4.69, 9.17) is 10.5 Å². The molecule has 0 spiro atoms. The molecule has 9 heteroatoms. The normalized spacial score (nSPS) is 10.3. The van der Waals surface area contributed by atoms with E-state index in [9.17, 15) is 15.2 Å². The van der Waals surface area contributed by atoms with Crippen molar-refractivity contribution in [2.24, 2.45) is 17.3 Å². The average Bonchev–Trinajstić information content (AvgIpc) is 2.88. The van der Waals surface area contributed by atoms with Gasteiger partial charge in [-0.1, -0.05) is 0 Å². The van der Waals surface area contributed by atoms with Crippen molar-refractivity contribution in [1.82, 2.24) is 4.57 Å². The molecule has 0 aliphatic rings. The zero-order valence-corrected chi connectivity index (χ0v) is 13.8. The number of azo groups is 1. The van der Waals surface area contributed by atoms with Gasteiger partial charge in [0.15, 0.2) is 10.7 Å². The van der Waals surface area contributed by atoms with Crippen LogP contribution in [-0.4, -0.2) is 9.67 Å². The van der Waals surface area contributed by atoms with E-state index in [0.717, 1.165) is 15.9 Å². The van der Waals surface area contributed by atoms with Crippen LogP contribution in [0.3, 0.4) is 0 Å². The van der Waals surface area contributed by atoms with E-state index in [-0.39, 0.29) is 27.4 Å². The molecule has 118 valence electrons. The highest BCUT2D eigenvalue weighted by molar-refractivity contribution is 7.16. The second-order valence-corrected chi connectivity index (χ2v) is 5.81. The molecule has 0 bridgehead atoms. The van der Waals surface area contributed by atoms with E-state index >= 15 is 0 Å². The zero-order chi connectivity index (χ0) is 18.0. The molecule has 0 saturated carbocycles. The SMILES string of the molecule is Cc1c(C#N)sc(N=Nc2c(C)c(C#N)c(O)n(C)c2=O)c1C#N. The van der Waals surface area contributed by atoms with E-state index < -0.39 is 11.4 Å². The van der Waals surface area contributed by atoms with Gasteiger partial charge >= 0.3 is 0 Å². The molecule has 24 heavy (non-hydrogen) atoms. The van der Waals surface area contributed by atoms with Crippen molar-refractivity contribution >= 4 is 22.0 Å². The Morgan fingerprint density at radius 2 is 1.67 bits per heavy atom. The summed E-state index contributed by atoms with van der Waals surface area (Å²) in [5.41, 5.74) is 0.0992. The lowest BCUT2D eigenvalue weighted by molar-refractivity contribution is 0.421. The van der Waals surface area contributed by atoms with Crippen molar-refractivity contribution in [3.63, 3.8) is 0 Å². The number of aromatic hydroxyl groups is 1. The van der Waals surface area contributed by atoms with E-state index in [1.54, 1.807) is 6.92 Å². The molecule has 0 fully saturated rings. The Morgan fingerprint density at radius 3 is 2.21 bits per heavy atom. The third-order valence-corrected chi connectivity index (χ3v) is 4.55. The Kier molecular flexibility index (Phi) is 4.45. The first-order valence-electron chi connectivity index (χ1n) is 6.55. The van der Waals surface area contributed by atoms with Crippen molar-refractivity contribution in [3.05, 3.63) is 37.5 Å². The maximum absolute atomic E-state index is 12.2. The van der Waals surface area contributed by atoms with Crippen LogP contribution in [0.1, 0.15) is 27.1 Å². The van der Waals surface area contributed by atoms with Gasteiger partial charge in [-0.25, -0.2) is 0 Å². The quantitative estimate of drug-likeness (QED) is 0.839. The van der Waals surface area contributed by atoms with Gasteiger partial charge in [0.25, 0.3) is 5.56 Å². The Labute approximate surface area is 140 Å². The fourth-order valence-corrected chi connectivity index (χ4v) is 2.90. The highest BCUT2D eigenvalue weighted by Gasteiger charge is 2.18. The summed E-state index contributed by atoms with van der Waals surface area (Å²) in [6, 6.07) is 5.74. The molecule has 0 aliphatic heterocycles. The van der Waals surface area contributed by atoms with Crippen LogP contribution in [-0.2, 0) is 7.05 Å². The molecule has 0 amide bonds. The number of aromatic nitrogens is 1. The molecule has 0 aliphatic carbocycles. The van der Waals surface area contributed by atoms with Gasteiger partial charge < -0.3 is 5.11 Å². The first-order chi connectivity index (χ1) is 11.4. The second-order valence-electron chi connectivity index (χ2n) is 4.81. The van der Waals surface area contributed by atoms with Crippen LogP contribution in [0.2, 0.25) is 0 Å². The van der Waals surface area contributed by atoms with Gasteiger partial charge in [-0.3, -0.25) is 9.36 Å². The molecular weight excluding hydrogens is 328 g/mol. The second kappa shape index (κ2) is 6.33. The van der Waals surface area contributed by atoms with Crippen LogP contribution in [0.5, 0.6) is 5.88 Å². The average molecular weight is 338 g/mol. The van der Waals surface area contributed by atoms with E-state index in [1.807, 2.05) is 18.2 Å². The van der Waals surface area contributed by atoms with Crippen molar-refractivity contribution in [2.45, 2.75) is 13.8 Å². The minimum atomic E-state index is -0.625. The minimum Gasteiger partial charge on any atom is -0.493 e. The monoisotopic (exact) mass is 338 g/mol. The van der Waals surface area contributed by atoms with Crippen LogP contribution in [0.25, 0.3) is 0 Å². The lowest BCUT2D eigenvalue weighted by Crippen LogP contribution is -2.18. The number of thiophene rings is 1. The first kappa shape index (κ1) is 16.9. The Morgan fingerprint density at radius 1 is 1.04 bits per heavy atom. The summed E-state index contributed by atoms with van der Waals surface area (Å²) in [6.45, 7) is 3.10. The molecular formula is C15H10N6O2S. The van der Waals surface area contributed by atoms with Crippen LogP contribution in [0, 0.1) is 47.8 Å². The molecule has 1 N–H and O–H groups in total. The zero-order valence-electron chi connectivity index (χ0n) is 12.9. The van der Waals surface area contributed by atoms with Crippen LogP contribution < -0.4 is 5.56 Å². The van der Waals surface area contributed by atoms with Crippen LogP contribution >= 0.6 is 11.3 Å². The van der Waals surface area contributed by atoms with Crippen molar-refractivity contribution in [2.75, 3.05) is 0 Å². The predicted octanol–water partition coefficient (Wildman–Crippen LogP) is 2.80. The Hall–Kier alpha value is -3.48. The summed E-state index contributed by atoms with van der Waals surface area (Å²) >= 11 is 0.992. The highest BCUT2D eigenvalue weighted by atomic mass is 32.1. The van der Waals surface area contributed by atoms with Crippen molar-refractivity contribution < 1.29 is 5.11 Å². The maximum atomic E-state index is 12.2. The number of nitrogens with zero attached hydrogens (tertiary/aromatic N) is 6. The molecule has 0 aromatic carbocycles. The summed E-state index contributed by atoms with van der Waals surface area (Å²) in [6.07, 6.45) is 0. The first-order valence-corrected chi connectivity index (χ1v) is 7.36. The van der Waals surface area contributed by atoms with Gasteiger partial charge in [-0.05, 0) is 19.4 Å². The maximum Gasteiger partial charge on any atom is 0.281 e. The van der Waals surface area contributed by atoms with E-state index in [1.165, 1.54) is 14.0 Å². The van der Waals surface area contributed by atoms with Gasteiger partial charge in [-0.2, -0.15) is 15.8 Å². The lowest BCUT2D eigenvalue weighted by atomic mass is 10.1. The van der Waals surface area contributed by atoms with Crippen LogP contribution in [0.15, 0.2) is 15.0 Å². The number of rotatable bonds is 2. The molecule has 0 unspecified atom stereocenters. The predicted molar refractivity (Wildman–Crippen MR) is 85.5 cm³/mol. The van der Waals surface area contributed by atoms with Gasteiger partial charge in [-0.15, -0.1) is 21.6 Å². The fourth-order valence-electron chi connectivity index (χ4n) is 2.02. The summed E-state index contributed by atoms with van der Waals surface area (Å²) in [5.74, 6) is -0.449. The number of hydrogen-bond donors (Lipinski definition) is 1. The third-order valence-electron chi connectivity index (χ3n) is 3.47. The summed E-state index contributed by atoms with van der Waals surface area (Å²) in [5, 5.41) is 45.1. The lowest BCUT2D eigenvalue weighted by Gasteiger charge is -2.08. The largest absolute Gasteiger partial charge is 0.493 e. The minimum absolute atomic E-state index is 0.0772. The third kappa shape index (κ3) is 2.52. The summed E-state index contributed by atoms with van der Waals surface area (Å²) in [7, 11) is 1.31. The van der Waals surface area contributed by atoms with E-state index in [2.05, 4.69) is 10.2 Å². The molecule has 8 nitrogen and oxygen atoms in total. The molecule has 0 atom stereocenters. The molecule has 0 saturated heterocycles. The molecule has 2 aromatic heterocycles. The van der Waals surface area contributed by atoms with Gasteiger partial charge in [0, 0.05) is 12.6 Å². The highest BCUT2D eigenvalue weighted by Crippen LogP contribution is 2.35. The number of hydrogen-bond acceptors (Lipinski definition) is 8. The van der Waals surface area contributed by atoms with Gasteiger partial charge in [0.1, 0.15) is 28.6 Å². The Bertz CT molecular complexity index is 1060. The fraction of sp³-hybridized carbons (Fsp3) is 0.200. The topological polar surface area (TPSA) is 138 Å². The van der Waals surface area contributed by atoms with E-state index in [0.29, 0.717) is 10.4 Å². The number of nitriles is 3. The molecule has 2 heterocycles. The van der Waals surface area contributed by atoms with Crippen LogP contribution in [0.4, 0.5) is 10.7 Å². The standard InChI is InChI=1S/C15H10N6O2S/c1-7-9(4-16)13(24-11(7)6-18)20-19-12-8(2)10(5-17)14(22)21(3)15(12)23/h22H,1-3H3. The van der Waals surface area contributed by atoms with Crippen molar-refractivity contribution in [3.8, 4) is 24.1 Å². The smallest absolute Gasteiger partial charge is 0.281 e. The number of pyridine rings is 1.